The molecule has 0 radical (unpaired) electrons. The molecule has 0 atom stereocenters. The average Bonchev–Trinajstić information content (AvgIpc) is 2.79. The first-order valence-electron chi connectivity index (χ1n) is 6.38. The summed E-state index contributed by atoms with van der Waals surface area (Å²) in [6.45, 7) is 3.26. The maximum Gasteiger partial charge on any atom is 0.200 e. The van der Waals surface area contributed by atoms with Gasteiger partial charge in [-0.25, -0.2) is 4.98 Å². The van der Waals surface area contributed by atoms with Crippen molar-refractivity contribution in [1.29, 1.82) is 0 Å². The zero-order chi connectivity index (χ0) is 13.2. The number of rotatable bonds is 3. The van der Waals surface area contributed by atoms with Crippen LogP contribution >= 0.6 is 0 Å². The molecule has 5 nitrogen and oxygen atoms in total. The molecule has 1 aliphatic heterocycles. The summed E-state index contributed by atoms with van der Waals surface area (Å²) in [5, 5.41) is 3.01. The van der Waals surface area contributed by atoms with Crippen LogP contribution in [0.3, 0.4) is 0 Å². The Morgan fingerprint density at radius 1 is 1.26 bits per heavy atom. The number of hydrogen-bond donors (Lipinski definition) is 2. The van der Waals surface area contributed by atoms with E-state index in [2.05, 4.69) is 21.4 Å². The van der Waals surface area contributed by atoms with Gasteiger partial charge in [-0.15, -0.1) is 0 Å². The van der Waals surface area contributed by atoms with Crippen LogP contribution in [0.15, 0.2) is 18.2 Å². The molecule has 2 aromatic rings. The molecule has 0 amide bonds. The quantitative estimate of drug-likeness (QED) is 0.886. The Morgan fingerprint density at radius 2 is 2.05 bits per heavy atom. The SMILES string of the molecule is CNc1nc(Cc2ccc3c(c2)OCCO3)c(C)[nH]1. The lowest BCUT2D eigenvalue weighted by Crippen LogP contribution is -2.15. The molecule has 5 heteroatoms. The number of ether oxygens (including phenoxy) is 2. The van der Waals surface area contributed by atoms with Crippen LogP contribution in [0.25, 0.3) is 0 Å². The number of anilines is 1. The molecule has 0 bridgehead atoms. The molecule has 0 aliphatic carbocycles. The molecular formula is C14H17N3O2. The van der Waals surface area contributed by atoms with E-state index in [9.17, 15) is 0 Å². The highest BCUT2D eigenvalue weighted by molar-refractivity contribution is 5.45. The highest BCUT2D eigenvalue weighted by Gasteiger charge is 2.13. The summed E-state index contributed by atoms with van der Waals surface area (Å²) in [5.74, 6) is 2.44. The standard InChI is InChI=1S/C14H17N3O2/c1-9-11(17-14(15-2)16-9)7-10-3-4-12-13(8-10)19-6-5-18-12/h3-4,8H,5-7H2,1-2H3,(H2,15,16,17). The predicted octanol–water partition coefficient (Wildman–Crippen LogP) is 2.12. The van der Waals surface area contributed by atoms with E-state index in [0.717, 1.165) is 35.3 Å². The molecule has 1 aromatic heterocycles. The van der Waals surface area contributed by atoms with E-state index in [4.69, 9.17) is 9.47 Å². The Morgan fingerprint density at radius 3 is 2.79 bits per heavy atom. The highest BCUT2D eigenvalue weighted by Crippen LogP contribution is 2.31. The Balaban J connectivity index is 1.84. The van der Waals surface area contributed by atoms with Crippen LogP contribution in [0.4, 0.5) is 5.95 Å². The zero-order valence-electron chi connectivity index (χ0n) is 11.1. The van der Waals surface area contributed by atoms with Crippen LogP contribution in [-0.4, -0.2) is 30.2 Å². The normalized spacial score (nSPS) is 13.4. The fraction of sp³-hybridized carbons (Fsp3) is 0.357. The van der Waals surface area contributed by atoms with Crippen molar-refractivity contribution >= 4 is 5.95 Å². The first kappa shape index (κ1) is 11.9. The summed E-state index contributed by atoms with van der Waals surface area (Å²) in [6, 6.07) is 6.05. The average molecular weight is 259 g/mol. The first-order chi connectivity index (χ1) is 9.26. The number of benzene rings is 1. The monoisotopic (exact) mass is 259 g/mol. The number of aromatic amines is 1. The van der Waals surface area contributed by atoms with Crippen LogP contribution in [0.1, 0.15) is 17.0 Å². The van der Waals surface area contributed by atoms with Crippen molar-refractivity contribution in [2.75, 3.05) is 25.6 Å². The van der Waals surface area contributed by atoms with Gasteiger partial charge in [0.2, 0.25) is 0 Å². The van der Waals surface area contributed by atoms with E-state index in [0.29, 0.717) is 13.2 Å². The second-order valence-electron chi connectivity index (χ2n) is 4.56. The van der Waals surface area contributed by atoms with E-state index in [1.54, 1.807) is 0 Å². The molecule has 3 rings (SSSR count). The third-order valence-electron chi connectivity index (χ3n) is 3.20. The summed E-state index contributed by atoms with van der Waals surface area (Å²) in [6.07, 6.45) is 0.778. The Labute approximate surface area is 112 Å². The van der Waals surface area contributed by atoms with E-state index in [1.165, 1.54) is 5.56 Å². The maximum atomic E-state index is 5.59. The van der Waals surface area contributed by atoms with Crippen molar-refractivity contribution < 1.29 is 9.47 Å². The smallest absolute Gasteiger partial charge is 0.200 e. The third kappa shape index (κ3) is 2.36. The van der Waals surface area contributed by atoms with Crippen molar-refractivity contribution in [3.05, 3.63) is 35.2 Å². The molecule has 0 fully saturated rings. The van der Waals surface area contributed by atoms with E-state index >= 15 is 0 Å². The molecule has 2 N–H and O–H groups in total. The maximum absolute atomic E-state index is 5.59. The summed E-state index contributed by atoms with van der Waals surface area (Å²) in [4.78, 5) is 7.70. The van der Waals surface area contributed by atoms with E-state index in [-0.39, 0.29) is 0 Å². The molecule has 100 valence electrons. The second kappa shape index (κ2) is 4.84. The van der Waals surface area contributed by atoms with Gasteiger partial charge in [0, 0.05) is 19.2 Å². The number of hydrogen-bond acceptors (Lipinski definition) is 4. The Hall–Kier alpha value is -2.17. The molecule has 0 saturated heterocycles. The van der Waals surface area contributed by atoms with Gasteiger partial charge in [0.1, 0.15) is 13.2 Å². The van der Waals surface area contributed by atoms with Crippen LogP contribution in [-0.2, 0) is 6.42 Å². The lowest BCUT2D eigenvalue weighted by Gasteiger charge is -2.18. The summed E-state index contributed by atoms with van der Waals surface area (Å²) in [7, 11) is 1.85. The predicted molar refractivity (Wildman–Crippen MR) is 73.1 cm³/mol. The van der Waals surface area contributed by atoms with Crippen LogP contribution in [0.5, 0.6) is 11.5 Å². The van der Waals surface area contributed by atoms with Gasteiger partial charge in [-0.05, 0) is 24.6 Å². The number of fused-ring (bicyclic) bond motifs is 1. The Kier molecular flexibility index (Phi) is 3.03. The zero-order valence-corrected chi connectivity index (χ0v) is 11.1. The minimum atomic E-state index is 0.613. The van der Waals surface area contributed by atoms with Gasteiger partial charge in [0.05, 0.1) is 5.69 Å². The fourth-order valence-electron chi connectivity index (χ4n) is 2.18. The molecule has 0 spiro atoms. The molecule has 1 aliphatic rings. The van der Waals surface area contributed by atoms with Crippen molar-refractivity contribution in [1.82, 2.24) is 9.97 Å². The number of nitrogens with zero attached hydrogens (tertiary/aromatic N) is 1. The molecule has 0 saturated carbocycles. The molecule has 0 unspecified atom stereocenters. The third-order valence-corrected chi connectivity index (χ3v) is 3.20. The number of aromatic nitrogens is 2. The van der Waals surface area contributed by atoms with Crippen molar-refractivity contribution in [2.45, 2.75) is 13.3 Å². The van der Waals surface area contributed by atoms with E-state index < -0.39 is 0 Å². The van der Waals surface area contributed by atoms with Gasteiger partial charge in [0.25, 0.3) is 0 Å². The lowest BCUT2D eigenvalue weighted by molar-refractivity contribution is 0.171. The van der Waals surface area contributed by atoms with Gasteiger partial charge < -0.3 is 19.8 Å². The van der Waals surface area contributed by atoms with Crippen molar-refractivity contribution in [3.63, 3.8) is 0 Å². The van der Waals surface area contributed by atoms with Crippen LogP contribution in [0.2, 0.25) is 0 Å². The van der Waals surface area contributed by atoms with Gasteiger partial charge in [0.15, 0.2) is 17.4 Å². The lowest BCUT2D eigenvalue weighted by atomic mass is 10.1. The van der Waals surface area contributed by atoms with E-state index in [1.807, 2.05) is 26.1 Å². The summed E-state index contributed by atoms with van der Waals surface area (Å²) >= 11 is 0. The summed E-state index contributed by atoms with van der Waals surface area (Å²) in [5.41, 5.74) is 3.29. The Bertz CT molecular complexity index is 592. The molecule has 1 aromatic carbocycles. The van der Waals surface area contributed by atoms with Crippen LogP contribution < -0.4 is 14.8 Å². The van der Waals surface area contributed by atoms with Gasteiger partial charge in [-0.2, -0.15) is 0 Å². The number of aryl methyl sites for hydroxylation is 1. The number of H-pyrrole nitrogens is 1. The van der Waals surface area contributed by atoms with Crippen LogP contribution in [0, 0.1) is 6.92 Å². The number of imidazole rings is 1. The molecule has 2 heterocycles. The second-order valence-corrected chi connectivity index (χ2v) is 4.56. The minimum absolute atomic E-state index is 0.613. The highest BCUT2D eigenvalue weighted by atomic mass is 16.6. The molecular weight excluding hydrogens is 242 g/mol. The fourth-order valence-corrected chi connectivity index (χ4v) is 2.18. The summed E-state index contributed by atoms with van der Waals surface area (Å²) < 4.78 is 11.1. The van der Waals surface area contributed by atoms with Crippen molar-refractivity contribution in [3.8, 4) is 11.5 Å². The number of nitrogens with one attached hydrogen (secondary N) is 2. The molecule has 19 heavy (non-hydrogen) atoms. The minimum Gasteiger partial charge on any atom is -0.486 e. The topological polar surface area (TPSA) is 59.2 Å². The van der Waals surface area contributed by atoms with Crippen molar-refractivity contribution in [2.24, 2.45) is 0 Å². The van der Waals surface area contributed by atoms with Gasteiger partial charge in [-0.1, -0.05) is 6.07 Å². The first-order valence-corrected chi connectivity index (χ1v) is 6.38. The van der Waals surface area contributed by atoms with Gasteiger partial charge in [-0.3, -0.25) is 0 Å². The largest absolute Gasteiger partial charge is 0.486 e. The van der Waals surface area contributed by atoms with Gasteiger partial charge >= 0.3 is 0 Å².